The first-order chi connectivity index (χ1) is 14.2. The Morgan fingerprint density at radius 3 is 2.38 bits per heavy atom. The second-order valence-electron chi connectivity index (χ2n) is 6.72. The normalized spacial score (nSPS) is 14.6. The largest absolute Gasteiger partial charge is 0.506 e. The summed E-state index contributed by atoms with van der Waals surface area (Å²) in [5, 5.41) is 13.4. The van der Waals surface area contributed by atoms with E-state index in [9.17, 15) is 5.11 Å². The molecule has 1 fully saturated rings. The fourth-order valence-corrected chi connectivity index (χ4v) is 3.30. The minimum absolute atomic E-state index is 0.331. The van der Waals surface area contributed by atoms with Crippen LogP contribution in [-0.2, 0) is 0 Å². The molecule has 0 amide bonds. The maximum Gasteiger partial charge on any atom is 0.194 e. The van der Waals surface area contributed by atoms with Gasteiger partial charge < -0.3 is 29.7 Å². The van der Waals surface area contributed by atoms with Crippen LogP contribution in [0.3, 0.4) is 0 Å². The number of para-hydroxylation sites is 2. The maximum atomic E-state index is 10.1. The third kappa shape index (κ3) is 5.70. The molecule has 2 aromatic rings. The number of phenols is 1. The van der Waals surface area contributed by atoms with Gasteiger partial charge in [-0.25, -0.2) is 4.99 Å². The molecule has 0 atom stereocenters. The van der Waals surface area contributed by atoms with Crippen LogP contribution in [0.4, 0.5) is 5.69 Å². The highest BCUT2D eigenvalue weighted by atomic mass is 16.5. The van der Waals surface area contributed by atoms with Crippen LogP contribution >= 0.6 is 0 Å². The van der Waals surface area contributed by atoms with Crippen molar-refractivity contribution in [2.24, 2.45) is 4.99 Å². The molecule has 0 aromatic heterocycles. The van der Waals surface area contributed by atoms with E-state index in [0.717, 1.165) is 55.9 Å². The summed E-state index contributed by atoms with van der Waals surface area (Å²) in [5.41, 5.74) is 0.891. The topological polar surface area (TPSA) is 69.6 Å². The fourth-order valence-electron chi connectivity index (χ4n) is 3.30. The molecule has 1 aliphatic rings. The first-order valence-corrected chi connectivity index (χ1v) is 10.0. The number of hydrogen-bond donors (Lipinski definition) is 2. The van der Waals surface area contributed by atoms with Crippen LogP contribution in [0.15, 0.2) is 53.5 Å². The zero-order valence-corrected chi connectivity index (χ0v) is 17.2. The van der Waals surface area contributed by atoms with Crippen LogP contribution in [0, 0.1) is 0 Å². The van der Waals surface area contributed by atoms with Crippen LogP contribution in [0.1, 0.15) is 6.92 Å². The number of phenolic OH excluding ortho intramolecular Hbond substituents is 1. The van der Waals surface area contributed by atoms with Crippen LogP contribution in [0.5, 0.6) is 17.2 Å². The van der Waals surface area contributed by atoms with Crippen LogP contribution in [0.2, 0.25) is 0 Å². The molecule has 0 spiro atoms. The molecule has 2 N–H and O–H groups in total. The fraction of sp³-hybridized carbons (Fsp3) is 0.409. The molecule has 7 nitrogen and oxygen atoms in total. The number of nitrogens with zero attached hydrogens (tertiary/aromatic N) is 3. The number of ether oxygens (including phenoxy) is 2. The Morgan fingerprint density at radius 1 is 1.03 bits per heavy atom. The molecule has 2 aromatic carbocycles. The van der Waals surface area contributed by atoms with E-state index < -0.39 is 0 Å². The second kappa shape index (κ2) is 10.5. The van der Waals surface area contributed by atoms with Crippen LogP contribution in [0.25, 0.3) is 0 Å². The van der Waals surface area contributed by atoms with Gasteiger partial charge in [-0.15, -0.1) is 0 Å². The predicted octanol–water partition coefficient (Wildman–Crippen LogP) is 2.57. The van der Waals surface area contributed by atoms with Gasteiger partial charge in [-0.3, -0.25) is 0 Å². The molecular weight excluding hydrogens is 368 g/mol. The van der Waals surface area contributed by atoms with Crippen molar-refractivity contribution < 1.29 is 14.6 Å². The molecule has 1 aliphatic heterocycles. The standard InChI is InChI=1S/C22H30N4O3/c1-3-23-22(24-12-17-29-19-10-8-18(28-2)9-11-19)26-15-13-25(14-16-26)20-6-4-5-7-21(20)27/h4-11,27H,3,12-17H2,1-2H3,(H,23,24). The van der Waals surface area contributed by atoms with Crippen molar-refractivity contribution in [1.29, 1.82) is 0 Å². The minimum atomic E-state index is 0.331. The summed E-state index contributed by atoms with van der Waals surface area (Å²) < 4.78 is 10.9. The highest BCUT2D eigenvalue weighted by molar-refractivity contribution is 5.80. The Balaban J connectivity index is 1.50. The van der Waals surface area contributed by atoms with Crippen molar-refractivity contribution in [3.8, 4) is 17.2 Å². The molecule has 1 heterocycles. The molecule has 29 heavy (non-hydrogen) atoms. The Bertz CT molecular complexity index is 787. The zero-order chi connectivity index (χ0) is 20.5. The molecule has 0 saturated carbocycles. The van der Waals surface area contributed by atoms with E-state index in [0.29, 0.717) is 18.9 Å². The average Bonchev–Trinajstić information content (AvgIpc) is 2.77. The van der Waals surface area contributed by atoms with E-state index in [1.807, 2.05) is 42.5 Å². The van der Waals surface area contributed by atoms with E-state index in [1.54, 1.807) is 13.2 Å². The number of anilines is 1. The van der Waals surface area contributed by atoms with Gasteiger partial charge >= 0.3 is 0 Å². The van der Waals surface area contributed by atoms with E-state index in [4.69, 9.17) is 14.5 Å². The van der Waals surface area contributed by atoms with Gasteiger partial charge in [-0.1, -0.05) is 12.1 Å². The first-order valence-electron chi connectivity index (χ1n) is 10.0. The molecule has 1 saturated heterocycles. The lowest BCUT2D eigenvalue weighted by atomic mass is 10.2. The number of aliphatic imine (C=N–C) groups is 1. The van der Waals surface area contributed by atoms with Gasteiger partial charge in [0.1, 0.15) is 23.9 Å². The van der Waals surface area contributed by atoms with E-state index >= 15 is 0 Å². The summed E-state index contributed by atoms with van der Waals surface area (Å²) in [6, 6.07) is 15.0. The monoisotopic (exact) mass is 398 g/mol. The summed E-state index contributed by atoms with van der Waals surface area (Å²) in [5.74, 6) is 2.86. The molecule has 0 bridgehead atoms. The summed E-state index contributed by atoms with van der Waals surface area (Å²) in [6.45, 7) is 7.35. The van der Waals surface area contributed by atoms with Gasteiger partial charge in [0.05, 0.1) is 19.3 Å². The summed E-state index contributed by atoms with van der Waals surface area (Å²) in [7, 11) is 1.65. The van der Waals surface area contributed by atoms with Crippen molar-refractivity contribution >= 4 is 11.6 Å². The highest BCUT2D eigenvalue weighted by Gasteiger charge is 2.21. The lowest BCUT2D eigenvalue weighted by Gasteiger charge is -2.37. The number of rotatable bonds is 7. The average molecular weight is 399 g/mol. The van der Waals surface area contributed by atoms with Crippen molar-refractivity contribution in [2.45, 2.75) is 6.92 Å². The summed E-state index contributed by atoms with van der Waals surface area (Å²) in [6.07, 6.45) is 0. The van der Waals surface area contributed by atoms with Gasteiger partial charge in [-0.2, -0.15) is 0 Å². The van der Waals surface area contributed by atoms with Gasteiger partial charge in [0.2, 0.25) is 0 Å². The van der Waals surface area contributed by atoms with E-state index in [-0.39, 0.29) is 0 Å². The summed E-state index contributed by atoms with van der Waals surface area (Å²) in [4.78, 5) is 9.18. The third-order valence-corrected chi connectivity index (χ3v) is 4.82. The molecular formula is C22H30N4O3. The van der Waals surface area contributed by atoms with Crippen molar-refractivity contribution in [3.05, 3.63) is 48.5 Å². The lowest BCUT2D eigenvalue weighted by Crippen LogP contribution is -2.52. The number of methoxy groups -OCH3 is 1. The molecule has 3 rings (SSSR count). The Morgan fingerprint density at radius 2 is 1.72 bits per heavy atom. The Hall–Kier alpha value is -3.09. The zero-order valence-electron chi connectivity index (χ0n) is 17.2. The molecule has 7 heteroatoms. The molecule has 156 valence electrons. The summed E-state index contributed by atoms with van der Waals surface area (Å²) >= 11 is 0. The number of aromatic hydroxyl groups is 1. The number of nitrogens with one attached hydrogen (secondary N) is 1. The van der Waals surface area contributed by atoms with Crippen molar-refractivity contribution in [2.75, 3.05) is 57.9 Å². The SMILES string of the molecule is CCNC(=NCCOc1ccc(OC)cc1)N1CCN(c2ccccc2O)CC1. The van der Waals surface area contributed by atoms with Gasteiger partial charge in [0.25, 0.3) is 0 Å². The van der Waals surface area contributed by atoms with E-state index in [1.165, 1.54) is 0 Å². The molecule has 0 aliphatic carbocycles. The first kappa shape index (κ1) is 20.6. The Labute approximate surface area is 172 Å². The van der Waals surface area contributed by atoms with Crippen LogP contribution in [-0.4, -0.2) is 69.0 Å². The lowest BCUT2D eigenvalue weighted by molar-refractivity contribution is 0.324. The molecule has 0 unspecified atom stereocenters. The predicted molar refractivity (Wildman–Crippen MR) is 116 cm³/mol. The third-order valence-electron chi connectivity index (χ3n) is 4.82. The number of benzene rings is 2. The number of guanidine groups is 1. The van der Waals surface area contributed by atoms with E-state index in [2.05, 4.69) is 22.0 Å². The smallest absolute Gasteiger partial charge is 0.194 e. The van der Waals surface area contributed by atoms with Crippen LogP contribution < -0.4 is 19.7 Å². The maximum absolute atomic E-state index is 10.1. The second-order valence-corrected chi connectivity index (χ2v) is 6.72. The van der Waals surface area contributed by atoms with Crippen molar-refractivity contribution in [3.63, 3.8) is 0 Å². The van der Waals surface area contributed by atoms with Gasteiger partial charge in [0.15, 0.2) is 5.96 Å². The van der Waals surface area contributed by atoms with Gasteiger partial charge in [-0.05, 0) is 43.3 Å². The number of hydrogen-bond acceptors (Lipinski definition) is 5. The highest BCUT2D eigenvalue weighted by Crippen LogP contribution is 2.27. The minimum Gasteiger partial charge on any atom is -0.506 e. The van der Waals surface area contributed by atoms with Gasteiger partial charge in [0, 0.05) is 32.7 Å². The Kier molecular flexibility index (Phi) is 7.44. The van der Waals surface area contributed by atoms with Crippen molar-refractivity contribution in [1.82, 2.24) is 10.2 Å². The molecule has 0 radical (unpaired) electrons. The quantitative estimate of drug-likeness (QED) is 0.424. The number of piperazine rings is 1.